The number of rotatable bonds is 8. The van der Waals surface area contributed by atoms with E-state index in [0.717, 1.165) is 18.0 Å². The highest BCUT2D eigenvalue weighted by atomic mass is 16.5. The molecule has 0 aliphatic carbocycles. The van der Waals surface area contributed by atoms with E-state index in [9.17, 15) is 4.79 Å². The van der Waals surface area contributed by atoms with E-state index in [0.29, 0.717) is 19.1 Å². The molecule has 1 aromatic carbocycles. The van der Waals surface area contributed by atoms with E-state index < -0.39 is 0 Å². The SMILES string of the molecule is CCNCC(C)C(=O)Nc1ccccc1OCC(C)C. The quantitative estimate of drug-likeness (QED) is 0.768. The summed E-state index contributed by atoms with van der Waals surface area (Å²) in [6, 6.07) is 7.56. The Morgan fingerprint density at radius 3 is 2.60 bits per heavy atom. The predicted molar refractivity (Wildman–Crippen MR) is 83.1 cm³/mol. The van der Waals surface area contributed by atoms with Crippen LogP contribution in [0, 0.1) is 11.8 Å². The minimum atomic E-state index is -0.0758. The summed E-state index contributed by atoms with van der Waals surface area (Å²) in [6.45, 7) is 10.3. The Kier molecular flexibility index (Phi) is 7.09. The van der Waals surface area contributed by atoms with E-state index >= 15 is 0 Å². The summed E-state index contributed by atoms with van der Waals surface area (Å²) in [5, 5.41) is 6.12. The monoisotopic (exact) mass is 278 g/mol. The molecule has 4 nitrogen and oxygen atoms in total. The standard InChI is InChI=1S/C16H26N2O2/c1-5-17-10-13(4)16(19)18-14-8-6-7-9-15(14)20-11-12(2)3/h6-9,12-13,17H,5,10-11H2,1-4H3,(H,18,19). The maximum absolute atomic E-state index is 12.1. The third kappa shape index (κ3) is 5.61. The molecule has 1 rings (SSSR count). The molecule has 0 spiro atoms. The van der Waals surface area contributed by atoms with Gasteiger partial charge in [-0.1, -0.05) is 39.8 Å². The molecule has 0 heterocycles. The smallest absolute Gasteiger partial charge is 0.228 e. The topological polar surface area (TPSA) is 50.4 Å². The van der Waals surface area contributed by atoms with Gasteiger partial charge in [-0.05, 0) is 24.6 Å². The number of anilines is 1. The van der Waals surface area contributed by atoms with Crippen LogP contribution in [-0.2, 0) is 4.79 Å². The third-order valence-corrected chi connectivity index (χ3v) is 2.87. The van der Waals surface area contributed by atoms with Gasteiger partial charge in [-0.25, -0.2) is 0 Å². The molecule has 0 aliphatic heterocycles. The molecule has 0 bridgehead atoms. The van der Waals surface area contributed by atoms with E-state index in [1.54, 1.807) is 0 Å². The van der Waals surface area contributed by atoms with Crippen LogP contribution < -0.4 is 15.4 Å². The zero-order chi connectivity index (χ0) is 15.0. The molecular formula is C16H26N2O2. The van der Waals surface area contributed by atoms with Crippen LogP contribution in [0.1, 0.15) is 27.7 Å². The fourth-order valence-corrected chi connectivity index (χ4v) is 1.66. The van der Waals surface area contributed by atoms with Gasteiger partial charge < -0.3 is 15.4 Å². The van der Waals surface area contributed by atoms with Crippen LogP contribution in [0.25, 0.3) is 0 Å². The van der Waals surface area contributed by atoms with Crippen molar-refractivity contribution in [3.63, 3.8) is 0 Å². The van der Waals surface area contributed by atoms with Crippen molar-refractivity contribution in [1.82, 2.24) is 5.32 Å². The van der Waals surface area contributed by atoms with E-state index in [2.05, 4.69) is 24.5 Å². The molecule has 20 heavy (non-hydrogen) atoms. The lowest BCUT2D eigenvalue weighted by Crippen LogP contribution is -2.30. The van der Waals surface area contributed by atoms with Gasteiger partial charge in [-0.3, -0.25) is 4.79 Å². The number of nitrogens with one attached hydrogen (secondary N) is 2. The first-order valence-corrected chi connectivity index (χ1v) is 7.28. The maximum atomic E-state index is 12.1. The number of carbonyl (C=O) groups excluding carboxylic acids is 1. The number of hydrogen-bond donors (Lipinski definition) is 2. The predicted octanol–water partition coefficient (Wildman–Crippen LogP) is 2.91. The van der Waals surface area contributed by atoms with Crippen molar-refractivity contribution in [2.24, 2.45) is 11.8 Å². The number of amides is 1. The van der Waals surface area contributed by atoms with Crippen molar-refractivity contribution in [3.8, 4) is 5.75 Å². The summed E-state index contributed by atoms with van der Waals surface area (Å²) in [7, 11) is 0. The molecule has 4 heteroatoms. The minimum absolute atomic E-state index is 0.00606. The molecule has 0 radical (unpaired) electrons. The van der Waals surface area contributed by atoms with Gasteiger partial charge in [0.25, 0.3) is 0 Å². The molecule has 112 valence electrons. The van der Waals surface area contributed by atoms with Gasteiger partial charge in [-0.15, -0.1) is 0 Å². The number of hydrogen-bond acceptors (Lipinski definition) is 3. The number of benzene rings is 1. The Morgan fingerprint density at radius 1 is 1.25 bits per heavy atom. The van der Waals surface area contributed by atoms with Crippen LogP contribution in [-0.4, -0.2) is 25.6 Å². The highest BCUT2D eigenvalue weighted by molar-refractivity contribution is 5.93. The third-order valence-electron chi connectivity index (χ3n) is 2.87. The van der Waals surface area contributed by atoms with Crippen LogP contribution in [0.2, 0.25) is 0 Å². The summed E-state index contributed by atoms with van der Waals surface area (Å²) < 4.78 is 5.73. The van der Waals surface area contributed by atoms with Crippen LogP contribution in [0.15, 0.2) is 24.3 Å². The second-order valence-corrected chi connectivity index (χ2v) is 5.40. The summed E-state index contributed by atoms with van der Waals surface area (Å²) in [6.07, 6.45) is 0. The van der Waals surface area contributed by atoms with Crippen molar-refractivity contribution in [2.45, 2.75) is 27.7 Å². The molecular weight excluding hydrogens is 252 g/mol. The Morgan fingerprint density at radius 2 is 1.95 bits per heavy atom. The Labute approximate surface area is 121 Å². The van der Waals surface area contributed by atoms with E-state index in [1.807, 2.05) is 38.1 Å². The molecule has 0 aliphatic rings. The van der Waals surface area contributed by atoms with E-state index in [4.69, 9.17) is 4.74 Å². The van der Waals surface area contributed by atoms with Crippen molar-refractivity contribution < 1.29 is 9.53 Å². The molecule has 0 fully saturated rings. The van der Waals surface area contributed by atoms with Crippen LogP contribution >= 0.6 is 0 Å². The van der Waals surface area contributed by atoms with Gasteiger partial charge in [0.05, 0.1) is 12.3 Å². The summed E-state index contributed by atoms with van der Waals surface area (Å²) in [5.74, 6) is 1.11. The largest absolute Gasteiger partial charge is 0.491 e. The Hall–Kier alpha value is -1.55. The lowest BCUT2D eigenvalue weighted by molar-refractivity contribution is -0.119. The summed E-state index contributed by atoms with van der Waals surface area (Å²) >= 11 is 0. The molecule has 1 atom stereocenters. The maximum Gasteiger partial charge on any atom is 0.228 e. The van der Waals surface area contributed by atoms with Gasteiger partial charge in [0, 0.05) is 12.5 Å². The average molecular weight is 278 g/mol. The van der Waals surface area contributed by atoms with Gasteiger partial charge in [-0.2, -0.15) is 0 Å². The normalized spacial score (nSPS) is 12.2. The van der Waals surface area contributed by atoms with Gasteiger partial charge in [0.2, 0.25) is 5.91 Å². The fraction of sp³-hybridized carbons (Fsp3) is 0.562. The van der Waals surface area contributed by atoms with Gasteiger partial charge in [0.15, 0.2) is 0 Å². The van der Waals surface area contributed by atoms with Crippen LogP contribution in [0.5, 0.6) is 5.75 Å². The molecule has 0 saturated carbocycles. The number of ether oxygens (including phenoxy) is 1. The highest BCUT2D eigenvalue weighted by Crippen LogP contribution is 2.24. The van der Waals surface area contributed by atoms with Gasteiger partial charge in [0.1, 0.15) is 5.75 Å². The van der Waals surface area contributed by atoms with Crippen molar-refractivity contribution in [1.29, 1.82) is 0 Å². The van der Waals surface area contributed by atoms with Gasteiger partial charge >= 0.3 is 0 Å². The molecule has 1 aromatic rings. The molecule has 0 aromatic heterocycles. The van der Waals surface area contributed by atoms with E-state index in [-0.39, 0.29) is 11.8 Å². The Bertz CT molecular complexity index is 419. The van der Waals surface area contributed by atoms with E-state index in [1.165, 1.54) is 0 Å². The Balaban J connectivity index is 2.64. The molecule has 2 N–H and O–H groups in total. The molecule has 1 unspecified atom stereocenters. The number of carbonyl (C=O) groups is 1. The first-order valence-electron chi connectivity index (χ1n) is 7.28. The average Bonchev–Trinajstić information content (AvgIpc) is 2.43. The number of para-hydroxylation sites is 2. The summed E-state index contributed by atoms with van der Waals surface area (Å²) in [5.41, 5.74) is 0.737. The minimum Gasteiger partial charge on any atom is -0.491 e. The lowest BCUT2D eigenvalue weighted by atomic mass is 10.1. The second-order valence-electron chi connectivity index (χ2n) is 5.40. The van der Waals surface area contributed by atoms with Crippen LogP contribution in [0.3, 0.4) is 0 Å². The lowest BCUT2D eigenvalue weighted by Gasteiger charge is -2.16. The molecule has 0 saturated heterocycles. The van der Waals surface area contributed by atoms with Crippen molar-refractivity contribution in [3.05, 3.63) is 24.3 Å². The highest BCUT2D eigenvalue weighted by Gasteiger charge is 2.14. The summed E-state index contributed by atoms with van der Waals surface area (Å²) in [4.78, 5) is 12.1. The van der Waals surface area contributed by atoms with Crippen molar-refractivity contribution in [2.75, 3.05) is 25.0 Å². The first kappa shape index (κ1) is 16.5. The van der Waals surface area contributed by atoms with Crippen LogP contribution in [0.4, 0.5) is 5.69 Å². The zero-order valence-electron chi connectivity index (χ0n) is 12.9. The second kappa shape index (κ2) is 8.59. The fourth-order valence-electron chi connectivity index (χ4n) is 1.66. The van der Waals surface area contributed by atoms with Crippen molar-refractivity contribution >= 4 is 11.6 Å². The zero-order valence-corrected chi connectivity index (χ0v) is 12.9. The molecule has 1 amide bonds. The first-order chi connectivity index (χ1) is 9.54.